The van der Waals surface area contributed by atoms with Gasteiger partial charge in [-0.25, -0.2) is 16.8 Å². The van der Waals surface area contributed by atoms with Gasteiger partial charge in [0.15, 0.2) is 0 Å². The molecule has 0 unspecified atom stereocenters. The summed E-state index contributed by atoms with van der Waals surface area (Å²) in [7, 11) is -7.12. The molecule has 0 bridgehead atoms. The second-order valence-corrected chi connectivity index (χ2v) is 11.7. The zero-order valence-corrected chi connectivity index (χ0v) is 20.5. The Labute approximate surface area is 195 Å². The highest BCUT2D eigenvalue weighted by atomic mass is 32.2. The third kappa shape index (κ3) is 5.78. The van der Waals surface area contributed by atoms with E-state index in [0.717, 1.165) is 0 Å². The maximum atomic E-state index is 12.7. The summed E-state index contributed by atoms with van der Waals surface area (Å²) in [6, 6.07) is 9.05. The Morgan fingerprint density at radius 2 is 1.67 bits per heavy atom. The van der Waals surface area contributed by atoms with Gasteiger partial charge in [0.1, 0.15) is 4.90 Å². The maximum absolute atomic E-state index is 12.7. The van der Waals surface area contributed by atoms with Gasteiger partial charge in [0, 0.05) is 50.7 Å². The van der Waals surface area contributed by atoms with Crippen molar-refractivity contribution in [2.75, 3.05) is 32.7 Å². The standard InChI is InChI=1S/C22H30N4O5S2/c1-3-25(4-2)32(28,29)20-9-7-19(8-10-20)22(27)24-16-18-11-14-26(15-12-18)33(30,31)21-6-5-13-23-17-21/h5-10,13,17-18H,3-4,11-12,14-16H2,1-2H3,(H,24,27). The van der Waals surface area contributed by atoms with E-state index in [1.165, 1.54) is 51.3 Å². The summed E-state index contributed by atoms with van der Waals surface area (Å²) >= 11 is 0. The molecule has 9 nitrogen and oxygen atoms in total. The second kappa shape index (κ2) is 10.7. The third-order valence-corrected chi connectivity index (χ3v) is 9.80. The molecule has 0 radical (unpaired) electrons. The van der Waals surface area contributed by atoms with Crippen LogP contribution in [-0.4, -0.2) is 69.1 Å². The Bertz CT molecular complexity index is 1140. The first-order chi connectivity index (χ1) is 15.7. The zero-order valence-electron chi connectivity index (χ0n) is 18.8. The first-order valence-electron chi connectivity index (χ1n) is 11.0. The largest absolute Gasteiger partial charge is 0.352 e. The van der Waals surface area contributed by atoms with Crippen LogP contribution in [0.15, 0.2) is 58.6 Å². The highest BCUT2D eigenvalue weighted by molar-refractivity contribution is 7.89. The van der Waals surface area contributed by atoms with E-state index in [2.05, 4.69) is 10.3 Å². The Morgan fingerprint density at radius 3 is 2.21 bits per heavy atom. The minimum absolute atomic E-state index is 0.157. The summed E-state index contributed by atoms with van der Waals surface area (Å²) in [5.41, 5.74) is 0.380. The zero-order chi connectivity index (χ0) is 24.1. The Balaban J connectivity index is 1.53. The van der Waals surface area contributed by atoms with Gasteiger partial charge in [0.2, 0.25) is 20.0 Å². The number of carbonyl (C=O) groups excluding carboxylic acids is 1. The Morgan fingerprint density at radius 1 is 1.03 bits per heavy atom. The van der Waals surface area contributed by atoms with Crippen LogP contribution >= 0.6 is 0 Å². The molecule has 1 fully saturated rings. The topological polar surface area (TPSA) is 117 Å². The van der Waals surface area contributed by atoms with Crippen LogP contribution in [-0.2, 0) is 20.0 Å². The molecule has 1 N–H and O–H groups in total. The Kier molecular flexibility index (Phi) is 8.22. The van der Waals surface area contributed by atoms with Gasteiger partial charge >= 0.3 is 0 Å². The molecule has 3 rings (SSSR count). The van der Waals surface area contributed by atoms with Crippen LogP contribution in [0.3, 0.4) is 0 Å². The number of aromatic nitrogens is 1. The van der Waals surface area contributed by atoms with E-state index in [9.17, 15) is 21.6 Å². The van der Waals surface area contributed by atoms with Crippen LogP contribution in [0.2, 0.25) is 0 Å². The number of amides is 1. The van der Waals surface area contributed by atoms with Crippen molar-refractivity contribution in [1.29, 1.82) is 0 Å². The molecule has 1 aromatic carbocycles. The molecule has 11 heteroatoms. The number of nitrogens with zero attached hydrogens (tertiary/aromatic N) is 3. The van der Waals surface area contributed by atoms with Crippen molar-refractivity contribution < 1.29 is 21.6 Å². The van der Waals surface area contributed by atoms with Crippen molar-refractivity contribution in [1.82, 2.24) is 18.9 Å². The lowest BCUT2D eigenvalue weighted by Gasteiger charge is -2.31. The van der Waals surface area contributed by atoms with Crippen LogP contribution in [0, 0.1) is 5.92 Å². The predicted octanol–water partition coefficient (Wildman–Crippen LogP) is 1.94. The number of carbonyl (C=O) groups is 1. The van der Waals surface area contributed by atoms with E-state index in [-0.39, 0.29) is 21.6 Å². The van der Waals surface area contributed by atoms with E-state index < -0.39 is 20.0 Å². The van der Waals surface area contributed by atoms with Crippen LogP contribution in [0.1, 0.15) is 37.0 Å². The lowest BCUT2D eigenvalue weighted by molar-refractivity contribution is 0.0941. The number of piperidine rings is 1. The fraction of sp³-hybridized carbons (Fsp3) is 0.455. The molecule has 0 spiro atoms. The van der Waals surface area contributed by atoms with E-state index in [0.29, 0.717) is 51.1 Å². The summed E-state index contributed by atoms with van der Waals surface area (Å²) in [6.45, 7) is 5.51. The monoisotopic (exact) mass is 494 g/mol. The summed E-state index contributed by atoms with van der Waals surface area (Å²) in [4.78, 5) is 16.7. The minimum Gasteiger partial charge on any atom is -0.352 e. The molecular formula is C22H30N4O5S2. The highest BCUT2D eigenvalue weighted by Gasteiger charge is 2.29. The average molecular weight is 495 g/mol. The summed E-state index contributed by atoms with van der Waals surface area (Å²) in [6.07, 6.45) is 4.16. The van der Waals surface area contributed by atoms with Gasteiger partial charge in [-0.2, -0.15) is 8.61 Å². The summed E-state index contributed by atoms with van der Waals surface area (Å²) in [5.74, 6) is -0.121. The molecule has 180 valence electrons. The minimum atomic E-state index is -3.57. The number of pyridine rings is 1. The normalized spacial score (nSPS) is 16.1. The van der Waals surface area contributed by atoms with Gasteiger partial charge in [0.25, 0.3) is 5.91 Å². The van der Waals surface area contributed by atoms with Crippen molar-refractivity contribution in [3.8, 4) is 0 Å². The molecule has 0 atom stereocenters. The van der Waals surface area contributed by atoms with Crippen LogP contribution in [0.4, 0.5) is 0 Å². The average Bonchev–Trinajstić information content (AvgIpc) is 2.84. The molecule has 0 saturated carbocycles. The number of hydrogen-bond donors (Lipinski definition) is 1. The fourth-order valence-electron chi connectivity index (χ4n) is 3.83. The molecular weight excluding hydrogens is 464 g/mol. The molecule has 2 heterocycles. The van der Waals surface area contributed by atoms with Gasteiger partial charge in [-0.1, -0.05) is 13.8 Å². The number of nitrogens with one attached hydrogen (secondary N) is 1. The number of hydrogen-bond acceptors (Lipinski definition) is 6. The molecule has 2 aromatic rings. The molecule has 1 amide bonds. The SMILES string of the molecule is CCN(CC)S(=O)(=O)c1ccc(C(=O)NCC2CCN(S(=O)(=O)c3cccnc3)CC2)cc1. The smallest absolute Gasteiger partial charge is 0.251 e. The van der Waals surface area contributed by atoms with Gasteiger partial charge in [-0.05, 0) is 55.2 Å². The first-order valence-corrected chi connectivity index (χ1v) is 13.9. The van der Waals surface area contributed by atoms with Crippen molar-refractivity contribution in [3.63, 3.8) is 0 Å². The number of rotatable bonds is 9. The molecule has 1 saturated heterocycles. The Hall–Kier alpha value is -2.34. The molecule has 33 heavy (non-hydrogen) atoms. The molecule has 1 aliphatic rings. The van der Waals surface area contributed by atoms with Gasteiger partial charge in [-0.15, -0.1) is 0 Å². The predicted molar refractivity (Wildman–Crippen MR) is 125 cm³/mol. The van der Waals surface area contributed by atoms with Crippen molar-refractivity contribution in [2.45, 2.75) is 36.5 Å². The summed E-state index contributed by atoms with van der Waals surface area (Å²) in [5, 5.41) is 2.88. The number of benzene rings is 1. The second-order valence-electron chi connectivity index (χ2n) is 7.86. The first kappa shape index (κ1) is 25.3. The third-order valence-electron chi connectivity index (χ3n) is 5.86. The molecule has 1 aromatic heterocycles. The van der Waals surface area contributed by atoms with E-state index in [4.69, 9.17) is 0 Å². The van der Waals surface area contributed by atoms with Crippen molar-refractivity contribution >= 4 is 26.0 Å². The molecule has 1 aliphatic heterocycles. The summed E-state index contributed by atoms with van der Waals surface area (Å²) < 4.78 is 53.3. The van der Waals surface area contributed by atoms with Gasteiger partial charge < -0.3 is 5.32 Å². The van der Waals surface area contributed by atoms with Crippen LogP contribution in [0.5, 0.6) is 0 Å². The molecule has 0 aliphatic carbocycles. The highest BCUT2D eigenvalue weighted by Crippen LogP contribution is 2.23. The van der Waals surface area contributed by atoms with E-state index >= 15 is 0 Å². The van der Waals surface area contributed by atoms with Crippen LogP contribution in [0.25, 0.3) is 0 Å². The van der Waals surface area contributed by atoms with Gasteiger partial charge in [-0.3, -0.25) is 9.78 Å². The van der Waals surface area contributed by atoms with Crippen molar-refractivity contribution in [3.05, 3.63) is 54.4 Å². The maximum Gasteiger partial charge on any atom is 0.251 e. The van der Waals surface area contributed by atoms with Crippen LogP contribution < -0.4 is 5.32 Å². The number of sulfonamides is 2. The van der Waals surface area contributed by atoms with E-state index in [1.807, 2.05) is 0 Å². The quantitative estimate of drug-likeness (QED) is 0.569. The lowest BCUT2D eigenvalue weighted by atomic mass is 9.98. The van der Waals surface area contributed by atoms with Gasteiger partial charge in [0.05, 0.1) is 4.90 Å². The van der Waals surface area contributed by atoms with Crippen molar-refractivity contribution in [2.24, 2.45) is 5.92 Å². The lowest BCUT2D eigenvalue weighted by Crippen LogP contribution is -2.41. The van der Waals surface area contributed by atoms with E-state index in [1.54, 1.807) is 19.9 Å². The fourth-order valence-corrected chi connectivity index (χ4v) is 6.72.